The van der Waals surface area contributed by atoms with Crippen molar-refractivity contribution in [1.82, 2.24) is 19.9 Å². The lowest BCUT2D eigenvalue weighted by atomic mass is 9.99. The van der Waals surface area contributed by atoms with Crippen LogP contribution in [0.2, 0.25) is 0 Å². The summed E-state index contributed by atoms with van der Waals surface area (Å²) in [5, 5.41) is 1.14. The van der Waals surface area contributed by atoms with Crippen molar-refractivity contribution < 1.29 is 0 Å². The molecule has 5 heteroatoms. The minimum atomic E-state index is 0.677. The molecule has 8 aromatic rings. The molecule has 0 radical (unpaired) electrons. The van der Waals surface area contributed by atoms with E-state index < -0.39 is 0 Å². The lowest BCUT2D eigenvalue weighted by Crippen LogP contribution is -1.97. The molecule has 3 aromatic heterocycles. The first-order valence-corrected chi connectivity index (χ1v) is 17.3. The number of aryl methyl sites for hydroxylation is 1. The summed E-state index contributed by atoms with van der Waals surface area (Å²) in [6, 6.07) is 48.4. The van der Waals surface area contributed by atoms with E-state index in [1.54, 1.807) is 11.3 Å². The summed E-state index contributed by atoms with van der Waals surface area (Å²) in [5.74, 6) is 1.40. The Morgan fingerprint density at radius 3 is 1.65 bits per heavy atom. The Morgan fingerprint density at radius 2 is 1.00 bits per heavy atom. The number of nitrogens with zero attached hydrogens (tertiary/aromatic N) is 4. The normalized spacial score (nSPS) is 12.2. The minimum absolute atomic E-state index is 0.677. The molecule has 49 heavy (non-hydrogen) atoms. The number of aromatic nitrogens is 4. The van der Waals surface area contributed by atoms with Gasteiger partial charge in [-0.25, -0.2) is 19.9 Å². The molecule has 9 rings (SSSR count). The number of benzene rings is 5. The van der Waals surface area contributed by atoms with E-state index in [0.29, 0.717) is 5.82 Å². The maximum Gasteiger partial charge on any atom is 0.160 e. The number of thiophene rings is 1. The maximum atomic E-state index is 5.19. The van der Waals surface area contributed by atoms with Gasteiger partial charge in [0, 0.05) is 38.7 Å². The van der Waals surface area contributed by atoms with Gasteiger partial charge in [0.05, 0.1) is 11.4 Å². The molecule has 232 valence electrons. The van der Waals surface area contributed by atoms with Gasteiger partial charge in [-0.3, -0.25) is 0 Å². The van der Waals surface area contributed by atoms with Crippen LogP contribution in [0.4, 0.5) is 0 Å². The third-order valence-electron chi connectivity index (χ3n) is 9.02. The van der Waals surface area contributed by atoms with Gasteiger partial charge in [-0.2, -0.15) is 0 Å². The van der Waals surface area contributed by atoms with Crippen molar-refractivity contribution in [2.75, 3.05) is 0 Å². The first-order valence-electron chi connectivity index (χ1n) is 16.5. The van der Waals surface area contributed by atoms with E-state index in [-0.39, 0.29) is 0 Å². The predicted molar refractivity (Wildman–Crippen MR) is 203 cm³/mol. The zero-order valence-electron chi connectivity index (χ0n) is 26.6. The van der Waals surface area contributed by atoms with E-state index in [9.17, 15) is 0 Å². The monoisotopic (exact) mass is 646 g/mol. The third kappa shape index (κ3) is 5.75. The molecule has 0 bridgehead atoms. The Morgan fingerprint density at radius 1 is 0.469 bits per heavy atom. The fraction of sp³-hybridized carbons (Fsp3) is 0.0455. The van der Waals surface area contributed by atoms with Crippen LogP contribution >= 0.6 is 11.3 Å². The highest BCUT2D eigenvalue weighted by molar-refractivity contribution is 7.19. The molecule has 3 heterocycles. The lowest BCUT2D eigenvalue weighted by Gasteiger charge is -2.12. The average molecular weight is 647 g/mol. The van der Waals surface area contributed by atoms with Crippen LogP contribution in [0, 0.1) is 0 Å². The number of hydrogen-bond acceptors (Lipinski definition) is 5. The zero-order chi connectivity index (χ0) is 32.6. The van der Waals surface area contributed by atoms with E-state index in [0.717, 1.165) is 79.2 Å². The minimum Gasteiger partial charge on any atom is -0.236 e. The summed E-state index contributed by atoms with van der Waals surface area (Å²) in [4.78, 5) is 22.7. The van der Waals surface area contributed by atoms with Crippen LogP contribution in [0.1, 0.15) is 16.9 Å². The van der Waals surface area contributed by atoms with E-state index in [4.69, 9.17) is 19.9 Å². The van der Waals surface area contributed by atoms with Crippen LogP contribution in [-0.4, -0.2) is 19.9 Å². The molecular formula is C44H30N4S. The highest BCUT2D eigenvalue weighted by Gasteiger charge is 2.17. The summed E-state index contributed by atoms with van der Waals surface area (Å²) < 4.78 is 0. The Kier molecular flexibility index (Phi) is 7.45. The van der Waals surface area contributed by atoms with E-state index in [2.05, 4.69) is 140 Å². The number of fused-ring (bicyclic) bond motifs is 3. The van der Waals surface area contributed by atoms with Crippen LogP contribution in [0.15, 0.2) is 152 Å². The van der Waals surface area contributed by atoms with Crippen LogP contribution < -0.4 is 0 Å². The molecule has 0 amide bonds. The molecule has 5 aromatic carbocycles. The summed E-state index contributed by atoms with van der Waals surface area (Å²) >= 11 is 1.78. The van der Waals surface area contributed by atoms with Gasteiger partial charge in [0.1, 0.15) is 4.83 Å². The number of rotatable bonds is 6. The second-order valence-corrected chi connectivity index (χ2v) is 13.3. The quantitative estimate of drug-likeness (QED) is 0.180. The fourth-order valence-corrected chi connectivity index (χ4v) is 7.67. The van der Waals surface area contributed by atoms with E-state index in [1.165, 1.54) is 16.0 Å². The maximum absolute atomic E-state index is 5.19. The summed E-state index contributed by atoms with van der Waals surface area (Å²) in [5.41, 5.74) is 11.5. The highest BCUT2D eigenvalue weighted by Crippen LogP contribution is 2.36. The Labute approximate surface area is 289 Å². The van der Waals surface area contributed by atoms with Crippen molar-refractivity contribution in [3.63, 3.8) is 0 Å². The molecule has 0 spiro atoms. The smallest absolute Gasteiger partial charge is 0.160 e. The fourth-order valence-electron chi connectivity index (χ4n) is 6.52. The topological polar surface area (TPSA) is 51.6 Å². The van der Waals surface area contributed by atoms with Gasteiger partial charge in [0.25, 0.3) is 0 Å². The second kappa shape index (κ2) is 12.5. The van der Waals surface area contributed by atoms with Gasteiger partial charge in [0.2, 0.25) is 0 Å². The SMILES string of the molecule is C1=Cc2c(sc3nc(-c4cccc(-c5cc(-c6cccc(-c7ccccc7)c6)nc(-c6cccc(-c7ccccc7)c6)n5)c4)ncc23)CC1. The van der Waals surface area contributed by atoms with Gasteiger partial charge in [0.15, 0.2) is 11.6 Å². The Balaban J connectivity index is 1.17. The first kappa shape index (κ1) is 29.1. The predicted octanol–water partition coefficient (Wildman–Crippen LogP) is 11.4. The van der Waals surface area contributed by atoms with Crippen LogP contribution in [0.5, 0.6) is 0 Å². The molecule has 0 saturated heterocycles. The molecule has 0 fully saturated rings. The van der Waals surface area contributed by atoms with Gasteiger partial charge in [-0.05, 0) is 64.9 Å². The van der Waals surface area contributed by atoms with Crippen LogP contribution in [0.3, 0.4) is 0 Å². The standard InChI is InChI=1S/C44H30N4S/c1-3-12-29(13-4-1)31-16-9-18-33(24-31)39-27-40(47-43(46-39)36-21-10-17-32(25-36)30-14-5-2-6-15-30)34-19-11-20-35(26-34)42-45-28-38-37-22-7-8-23-41(37)49-44(38)48-42/h1-7,9-22,24-28H,8,23H2. The molecule has 0 aliphatic heterocycles. The highest BCUT2D eigenvalue weighted by atomic mass is 32.1. The van der Waals surface area contributed by atoms with Crippen LogP contribution in [0.25, 0.3) is 83.8 Å². The van der Waals surface area contributed by atoms with Crippen molar-refractivity contribution in [3.8, 4) is 67.5 Å². The molecule has 0 unspecified atom stereocenters. The van der Waals surface area contributed by atoms with Gasteiger partial charge >= 0.3 is 0 Å². The largest absolute Gasteiger partial charge is 0.236 e. The second-order valence-electron chi connectivity index (χ2n) is 12.2. The van der Waals surface area contributed by atoms with Crippen LogP contribution in [-0.2, 0) is 6.42 Å². The molecule has 0 N–H and O–H groups in total. The molecule has 0 atom stereocenters. The van der Waals surface area contributed by atoms with E-state index >= 15 is 0 Å². The average Bonchev–Trinajstić information content (AvgIpc) is 3.57. The number of allylic oxidation sites excluding steroid dienone is 1. The molecular weight excluding hydrogens is 617 g/mol. The summed E-state index contributed by atoms with van der Waals surface area (Å²) in [6.07, 6.45) is 8.59. The Bertz CT molecular complexity index is 2400. The lowest BCUT2D eigenvalue weighted by molar-refractivity contribution is 1.02. The van der Waals surface area contributed by atoms with Crippen molar-refractivity contribution >= 4 is 27.6 Å². The molecule has 0 saturated carbocycles. The Hall–Kier alpha value is -6.04. The first-order chi connectivity index (χ1) is 24.2. The van der Waals surface area contributed by atoms with Gasteiger partial charge < -0.3 is 0 Å². The van der Waals surface area contributed by atoms with Gasteiger partial charge in [-0.15, -0.1) is 11.3 Å². The van der Waals surface area contributed by atoms with E-state index in [1.807, 2.05) is 18.3 Å². The number of hydrogen-bond donors (Lipinski definition) is 0. The van der Waals surface area contributed by atoms with Crippen molar-refractivity contribution in [1.29, 1.82) is 0 Å². The molecule has 4 nitrogen and oxygen atoms in total. The van der Waals surface area contributed by atoms with Crippen molar-refractivity contribution in [3.05, 3.63) is 162 Å². The third-order valence-corrected chi connectivity index (χ3v) is 10.2. The zero-order valence-corrected chi connectivity index (χ0v) is 27.4. The molecule has 1 aliphatic carbocycles. The summed E-state index contributed by atoms with van der Waals surface area (Å²) in [6.45, 7) is 0. The van der Waals surface area contributed by atoms with Crippen molar-refractivity contribution in [2.24, 2.45) is 0 Å². The molecule has 1 aliphatic rings. The van der Waals surface area contributed by atoms with Gasteiger partial charge in [-0.1, -0.05) is 127 Å². The summed E-state index contributed by atoms with van der Waals surface area (Å²) in [7, 11) is 0. The van der Waals surface area contributed by atoms with Crippen molar-refractivity contribution in [2.45, 2.75) is 12.8 Å².